The molecule has 0 fully saturated rings. The Labute approximate surface area is 105 Å². The Morgan fingerprint density at radius 3 is 2.61 bits per heavy atom. The van der Waals surface area contributed by atoms with Gasteiger partial charge in [-0.1, -0.05) is 23.7 Å². The molecule has 1 aromatic carbocycles. The summed E-state index contributed by atoms with van der Waals surface area (Å²) >= 11 is 5.66. The highest BCUT2D eigenvalue weighted by atomic mass is 35.5. The second-order valence-electron chi connectivity index (χ2n) is 3.30. The summed E-state index contributed by atoms with van der Waals surface area (Å²) in [6.45, 7) is 0. The van der Waals surface area contributed by atoms with Crippen molar-refractivity contribution in [3.8, 4) is 17.0 Å². The van der Waals surface area contributed by atoms with Crippen LogP contribution in [-0.2, 0) is 0 Å². The summed E-state index contributed by atoms with van der Waals surface area (Å²) in [7, 11) is 0. The Bertz CT molecular complexity index is 560. The van der Waals surface area contributed by atoms with Crippen molar-refractivity contribution in [3.63, 3.8) is 0 Å². The largest absolute Gasteiger partial charge is 0.573 e. The van der Waals surface area contributed by atoms with E-state index in [0.717, 1.165) is 0 Å². The number of ether oxygens (including phenoxy) is 1. The maximum Gasteiger partial charge on any atom is 0.573 e. The minimum atomic E-state index is -4.72. The zero-order valence-corrected chi connectivity index (χ0v) is 9.53. The Hall–Kier alpha value is -1.82. The Kier molecular flexibility index (Phi) is 3.38. The van der Waals surface area contributed by atoms with Gasteiger partial charge in [0.25, 0.3) is 0 Å². The van der Waals surface area contributed by atoms with E-state index >= 15 is 0 Å². The number of aromatic nitrogens is 2. The molecule has 2 rings (SSSR count). The van der Waals surface area contributed by atoms with Crippen LogP contribution in [0, 0.1) is 0 Å². The number of hydrogen-bond acceptors (Lipinski definition) is 3. The van der Waals surface area contributed by atoms with Crippen molar-refractivity contribution in [2.75, 3.05) is 0 Å². The fraction of sp³-hybridized carbons (Fsp3) is 0.0909. The summed E-state index contributed by atoms with van der Waals surface area (Å²) in [5.74, 6) is -0.318. The first kappa shape index (κ1) is 12.6. The number of nitrogens with zero attached hydrogens (tertiary/aromatic N) is 2. The maximum atomic E-state index is 12.1. The summed E-state index contributed by atoms with van der Waals surface area (Å²) in [6.07, 6.45) is -1.99. The van der Waals surface area contributed by atoms with Crippen LogP contribution in [0.2, 0.25) is 5.15 Å². The van der Waals surface area contributed by atoms with Gasteiger partial charge in [-0.15, -0.1) is 13.2 Å². The maximum absolute atomic E-state index is 12.1. The molecule has 1 heterocycles. The zero-order chi connectivity index (χ0) is 13.2. The molecular formula is C11H6ClF3N2O. The number of rotatable bonds is 2. The lowest BCUT2D eigenvalue weighted by Gasteiger charge is -2.09. The highest BCUT2D eigenvalue weighted by molar-refractivity contribution is 6.29. The number of alkyl halides is 3. The van der Waals surface area contributed by atoms with Gasteiger partial charge < -0.3 is 4.74 Å². The van der Waals surface area contributed by atoms with Crippen LogP contribution in [0.4, 0.5) is 13.2 Å². The molecule has 0 saturated carbocycles. The van der Waals surface area contributed by atoms with E-state index in [4.69, 9.17) is 11.6 Å². The van der Waals surface area contributed by atoms with E-state index in [2.05, 4.69) is 14.7 Å². The van der Waals surface area contributed by atoms with Gasteiger partial charge in [0.15, 0.2) is 0 Å². The molecule has 0 spiro atoms. The van der Waals surface area contributed by atoms with Crippen LogP contribution < -0.4 is 4.74 Å². The van der Waals surface area contributed by atoms with E-state index in [-0.39, 0.29) is 10.9 Å². The molecule has 7 heteroatoms. The number of benzene rings is 1. The molecule has 0 bridgehead atoms. The fourth-order valence-corrected chi connectivity index (χ4v) is 1.48. The van der Waals surface area contributed by atoms with Crippen molar-refractivity contribution in [2.45, 2.75) is 6.36 Å². The van der Waals surface area contributed by atoms with Crippen molar-refractivity contribution in [1.82, 2.24) is 9.97 Å². The summed E-state index contributed by atoms with van der Waals surface area (Å²) < 4.78 is 40.0. The van der Waals surface area contributed by atoms with Crippen molar-refractivity contribution in [2.24, 2.45) is 0 Å². The van der Waals surface area contributed by atoms with E-state index in [1.54, 1.807) is 6.07 Å². The van der Waals surface area contributed by atoms with E-state index in [9.17, 15) is 13.2 Å². The molecule has 0 N–H and O–H groups in total. The van der Waals surface area contributed by atoms with E-state index in [1.807, 2.05) is 0 Å². The monoisotopic (exact) mass is 274 g/mol. The predicted octanol–water partition coefficient (Wildman–Crippen LogP) is 3.70. The van der Waals surface area contributed by atoms with Gasteiger partial charge in [0.1, 0.15) is 10.9 Å². The molecule has 0 saturated heterocycles. The minimum absolute atomic E-state index is 0.162. The van der Waals surface area contributed by atoms with Gasteiger partial charge in [0.05, 0.1) is 18.1 Å². The summed E-state index contributed by atoms with van der Waals surface area (Å²) in [4.78, 5) is 7.75. The van der Waals surface area contributed by atoms with Crippen LogP contribution >= 0.6 is 11.6 Å². The van der Waals surface area contributed by atoms with Crippen LogP contribution in [0.1, 0.15) is 0 Å². The Balaban J connectivity index is 2.33. The van der Waals surface area contributed by atoms with E-state index in [0.29, 0.717) is 11.3 Å². The highest BCUT2D eigenvalue weighted by Crippen LogP contribution is 2.27. The quantitative estimate of drug-likeness (QED) is 0.837. The molecule has 0 aliphatic heterocycles. The molecule has 94 valence electrons. The fourth-order valence-electron chi connectivity index (χ4n) is 1.33. The van der Waals surface area contributed by atoms with Gasteiger partial charge in [0.2, 0.25) is 0 Å². The Morgan fingerprint density at radius 2 is 1.94 bits per heavy atom. The topological polar surface area (TPSA) is 35.0 Å². The zero-order valence-electron chi connectivity index (χ0n) is 8.78. The minimum Gasteiger partial charge on any atom is -0.406 e. The van der Waals surface area contributed by atoms with Crippen LogP contribution in [0.25, 0.3) is 11.3 Å². The van der Waals surface area contributed by atoms with Crippen molar-refractivity contribution in [3.05, 3.63) is 41.8 Å². The summed E-state index contributed by atoms with van der Waals surface area (Å²) in [5, 5.41) is 0.162. The number of halogens is 4. The van der Waals surface area contributed by atoms with Gasteiger partial charge in [0, 0.05) is 5.56 Å². The van der Waals surface area contributed by atoms with Crippen LogP contribution in [0.15, 0.2) is 36.7 Å². The van der Waals surface area contributed by atoms with Gasteiger partial charge in [-0.25, -0.2) is 4.98 Å². The molecular weight excluding hydrogens is 269 g/mol. The van der Waals surface area contributed by atoms with Crippen molar-refractivity contribution in [1.29, 1.82) is 0 Å². The molecule has 18 heavy (non-hydrogen) atoms. The van der Waals surface area contributed by atoms with Gasteiger partial charge >= 0.3 is 6.36 Å². The normalized spacial score (nSPS) is 11.3. The van der Waals surface area contributed by atoms with Gasteiger partial charge in [-0.05, 0) is 12.1 Å². The first-order chi connectivity index (χ1) is 8.44. The molecule has 0 unspecified atom stereocenters. The molecule has 0 radical (unpaired) electrons. The smallest absolute Gasteiger partial charge is 0.406 e. The standard InChI is InChI=1S/C11H6ClF3N2O/c12-10-6-16-5-9(17-10)7-2-1-3-8(4-7)18-11(13,14)15/h1-6H. The average Bonchev–Trinajstić information content (AvgIpc) is 2.27. The molecule has 1 aromatic heterocycles. The third-order valence-electron chi connectivity index (χ3n) is 1.97. The predicted molar refractivity (Wildman–Crippen MR) is 59.2 cm³/mol. The lowest BCUT2D eigenvalue weighted by molar-refractivity contribution is -0.274. The first-order valence-electron chi connectivity index (χ1n) is 4.78. The van der Waals surface area contributed by atoms with Crippen LogP contribution in [0.3, 0.4) is 0 Å². The van der Waals surface area contributed by atoms with E-state index in [1.165, 1.54) is 30.6 Å². The summed E-state index contributed by atoms with van der Waals surface area (Å²) in [5.41, 5.74) is 0.807. The lowest BCUT2D eigenvalue weighted by atomic mass is 10.1. The van der Waals surface area contributed by atoms with E-state index < -0.39 is 6.36 Å². The molecule has 0 atom stereocenters. The summed E-state index contributed by atoms with van der Waals surface area (Å²) in [6, 6.07) is 5.44. The molecule has 2 aromatic rings. The lowest BCUT2D eigenvalue weighted by Crippen LogP contribution is -2.17. The average molecular weight is 275 g/mol. The van der Waals surface area contributed by atoms with Crippen LogP contribution in [0.5, 0.6) is 5.75 Å². The molecule has 0 aliphatic carbocycles. The molecule has 3 nitrogen and oxygen atoms in total. The third-order valence-corrected chi connectivity index (χ3v) is 2.15. The van der Waals surface area contributed by atoms with Crippen molar-refractivity contribution < 1.29 is 17.9 Å². The third kappa shape index (κ3) is 3.33. The highest BCUT2D eigenvalue weighted by Gasteiger charge is 2.31. The second kappa shape index (κ2) is 4.81. The Morgan fingerprint density at radius 1 is 1.17 bits per heavy atom. The van der Waals surface area contributed by atoms with Crippen LogP contribution in [-0.4, -0.2) is 16.3 Å². The number of hydrogen-bond donors (Lipinski definition) is 0. The van der Waals surface area contributed by atoms with Gasteiger partial charge in [-0.2, -0.15) is 0 Å². The van der Waals surface area contributed by atoms with Gasteiger partial charge in [-0.3, -0.25) is 4.98 Å². The second-order valence-corrected chi connectivity index (χ2v) is 3.69. The van der Waals surface area contributed by atoms with Crippen molar-refractivity contribution >= 4 is 11.6 Å². The molecule has 0 amide bonds. The first-order valence-corrected chi connectivity index (χ1v) is 5.15. The SMILES string of the molecule is FC(F)(F)Oc1cccc(-c2cncc(Cl)n2)c1. The molecule has 0 aliphatic rings.